The molecule has 12 heteroatoms. The lowest BCUT2D eigenvalue weighted by atomic mass is 9.79. The third-order valence-corrected chi connectivity index (χ3v) is 10.1. The van der Waals surface area contributed by atoms with Crippen molar-refractivity contribution in [2.75, 3.05) is 19.6 Å². The third-order valence-electron chi connectivity index (χ3n) is 7.93. The number of hydrogen-bond donors (Lipinski definition) is 2. The highest BCUT2D eigenvalue weighted by atomic mass is 32.1. The highest BCUT2D eigenvalue weighted by molar-refractivity contribution is 7.22. The number of thiazole rings is 2. The Morgan fingerprint density at radius 2 is 1.23 bits per heavy atom. The number of rotatable bonds is 4. The van der Waals surface area contributed by atoms with Gasteiger partial charge in [-0.05, 0) is 59.7 Å². The van der Waals surface area contributed by atoms with Gasteiger partial charge in [-0.2, -0.15) is 0 Å². The van der Waals surface area contributed by atoms with Crippen LogP contribution in [-0.2, 0) is 5.54 Å². The second kappa shape index (κ2) is 10.6. The lowest BCUT2D eigenvalue weighted by Gasteiger charge is -2.50. The van der Waals surface area contributed by atoms with Crippen LogP contribution in [0.3, 0.4) is 0 Å². The van der Waals surface area contributed by atoms with E-state index in [1.54, 1.807) is 29.2 Å². The Hall–Kier alpha value is -4.94. The van der Waals surface area contributed by atoms with Crippen LogP contribution in [0.4, 0.5) is 18.4 Å². The van der Waals surface area contributed by atoms with Gasteiger partial charge in [-0.25, -0.2) is 28.3 Å². The molecule has 1 saturated heterocycles. The summed E-state index contributed by atoms with van der Waals surface area (Å²) >= 11 is 2.84. The molecule has 220 valence electrons. The number of piperazine rings is 1. The van der Waals surface area contributed by atoms with Crippen LogP contribution in [0.1, 0.15) is 11.1 Å². The Kier molecular flexibility index (Phi) is 6.74. The zero-order valence-electron chi connectivity index (χ0n) is 23.0. The minimum atomic E-state index is -1.23. The minimum Gasteiger partial charge on any atom is -0.351 e. The molecule has 1 aliphatic rings. The van der Waals surface area contributed by atoms with Gasteiger partial charge in [0.1, 0.15) is 27.2 Å². The number of amides is 4. The number of hydrogen-bond acceptors (Lipinski definition) is 6. The molecule has 0 bridgehead atoms. The summed E-state index contributed by atoms with van der Waals surface area (Å²) in [6.07, 6.45) is 0. The molecule has 6 aromatic rings. The number of fused-ring (bicyclic) bond motifs is 2. The first-order chi connectivity index (χ1) is 21.2. The van der Waals surface area contributed by atoms with E-state index in [2.05, 4.69) is 0 Å². The average molecular weight is 627 g/mol. The number of urea groups is 2. The summed E-state index contributed by atoms with van der Waals surface area (Å²) in [4.78, 5) is 38.2. The van der Waals surface area contributed by atoms with Crippen LogP contribution in [0.25, 0.3) is 41.6 Å². The van der Waals surface area contributed by atoms with E-state index in [4.69, 9.17) is 21.4 Å². The van der Waals surface area contributed by atoms with Crippen LogP contribution in [0.15, 0.2) is 84.9 Å². The van der Waals surface area contributed by atoms with E-state index < -0.39 is 17.6 Å². The number of benzene rings is 4. The number of nitrogens with zero attached hydrogens (tertiary/aromatic N) is 4. The quantitative estimate of drug-likeness (QED) is 0.231. The monoisotopic (exact) mass is 626 g/mol. The van der Waals surface area contributed by atoms with E-state index in [-0.39, 0.29) is 31.3 Å². The van der Waals surface area contributed by atoms with Crippen molar-refractivity contribution in [1.82, 2.24) is 19.8 Å². The summed E-state index contributed by atoms with van der Waals surface area (Å²) in [5, 5.41) is 1.29. The van der Waals surface area contributed by atoms with Gasteiger partial charge in [0, 0.05) is 24.2 Å². The Morgan fingerprint density at radius 3 is 1.68 bits per heavy atom. The van der Waals surface area contributed by atoms with E-state index >= 15 is 0 Å². The van der Waals surface area contributed by atoms with Crippen molar-refractivity contribution in [2.24, 2.45) is 11.5 Å². The Labute approximate surface area is 258 Å². The molecule has 1 fully saturated rings. The molecular formula is C32H24F2N6O2S2. The largest absolute Gasteiger partial charge is 0.351 e. The molecule has 4 amide bonds. The number of nitrogens with two attached hydrogens (primary N) is 2. The molecule has 0 atom stereocenters. The van der Waals surface area contributed by atoms with Gasteiger partial charge in [0.2, 0.25) is 0 Å². The van der Waals surface area contributed by atoms with Gasteiger partial charge in [0.25, 0.3) is 0 Å². The second-order valence-corrected chi connectivity index (χ2v) is 12.6. The molecule has 4 aromatic carbocycles. The Morgan fingerprint density at radius 1 is 0.705 bits per heavy atom. The van der Waals surface area contributed by atoms with Crippen molar-refractivity contribution >= 4 is 55.2 Å². The van der Waals surface area contributed by atoms with E-state index in [1.165, 1.54) is 51.8 Å². The standard InChI is InChI=1S/C32H24F2N6O2S2/c33-22-5-1-3-18(13-22)28-37-24-15-20(7-9-26(24)43-28)32(17-39(30(35)41)11-12-40(32)31(36)42)21-8-10-27-25(16-21)38-29(44-27)19-4-2-6-23(34)14-19/h1-10,13-16H,11-12,17H2,(H2,35,41)(H2,36,42). The van der Waals surface area contributed by atoms with Crippen LogP contribution < -0.4 is 11.5 Å². The zero-order chi connectivity index (χ0) is 30.6. The van der Waals surface area contributed by atoms with Crippen molar-refractivity contribution in [3.63, 3.8) is 0 Å². The van der Waals surface area contributed by atoms with Gasteiger partial charge in [-0.3, -0.25) is 0 Å². The molecule has 2 aromatic heterocycles. The molecule has 7 rings (SSSR count). The van der Waals surface area contributed by atoms with Crippen LogP contribution in [0, 0.1) is 11.6 Å². The molecule has 0 spiro atoms. The van der Waals surface area contributed by atoms with Crippen LogP contribution in [0.2, 0.25) is 0 Å². The van der Waals surface area contributed by atoms with Gasteiger partial charge >= 0.3 is 12.1 Å². The maximum atomic E-state index is 14.0. The van der Waals surface area contributed by atoms with E-state index in [0.717, 1.165) is 9.40 Å². The molecule has 3 heterocycles. The first-order valence-electron chi connectivity index (χ1n) is 13.7. The molecule has 4 N–H and O–H groups in total. The highest BCUT2D eigenvalue weighted by Gasteiger charge is 2.48. The van der Waals surface area contributed by atoms with Gasteiger partial charge in [-0.15, -0.1) is 22.7 Å². The highest BCUT2D eigenvalue weighted by Crippen LogP contribution is 2.43. The van der Waals surface area contributed by atoms with Crippen LogP contribution in [0.5, 0.6) is 0 Å². The SMILES string of the molecule is NC(=O)N1CCN(C(N)=O)C(c2ccc3sc(-c4cccc(F)c4)nc3c2)(c2ccc3sc(-c4cccc(F)c4)nc3c2)C1. The fourth-order valence-electron chi connectivity index (χ4n) is 5.86. The topological polar surface area (TPSA) is 118 Å². The van der Waals surface area contributed by atoms with Crippen molar-refractivity contribution in [3.8, 4) is 21.1 Å². The van der Waals surface area contributed by atoms with Gasteiger partial charge in [-0.1, -0.05) is 36.4 Å². The molecule has 8 nitrogen and oxygen atoms in total. The summed E-state index contributed by atoms with van der Waals surface area (Å²) < 4.78 is 29.7. The Balaban J connectivity index is 1.42. The lowest BCUT2D eigenvalue weighted by molar-refractivity contribution is 0.0676. The average Bonchev–Trinajstić information content (AvgIpc) is 3.64. The maximum Gasteiger partial charge on any atom is 0.315 e. The first-order valence-corrected chi connectivity index (χ1v) is 15.3. The fourth-order valence-corrected chi connectivity index (χ4v) is 7.74. The lowest BCUT2D eigenvalue weighted by Crippen LogP contribution is -2.65. The number of primary amides is 2. The van der Waals surface area contributed by atoms with Crippen molar-refractivity contribution in [1.29, 1.82) is 0 Å². The summed E-state index contributed by atoms with van der Waals surface area (Å²) in [6.45, 7) is 0.404. The second-order valence-electron chi connectivity index (χ2n) is 10.5. The third kappa shape index (κ3) is 4.72. The summed E-state index contributed by atoms with van der Waals surface area (Å²) in [7, 11) is 0. The summed E-state index contributed by atoms with van der Waals surface area (Å²) in [5.41, 5.74) is 14.5. The molecule has 0 aliphatic carbocycles. The number of carbonyl (C=O) groups excluding carboxylic acids is 2. The van der Waals surface area contributed by atoms with E-state index in [9.17, 15) is 18.4 Å². The fraction of sp³-hybridized carbons (Fsp3) is 0.125. The van der Waals surface area contributed by atoms with Crippen LogP contribution >= 0.6 is 22.7 Å². The summed E-state index contributed by atoms with van der Waals surface area (Å²) in [5.74, 6) is -0.713. The molecule has 44 heavy (non-hydrogen) atoms. The van der Waals surface area contributed by atoms with Gasteiger partial charge in [0.15, 0.2) is 0 Å². The Bertz CT molecular complexity index is 1970. The number of aromatic nitrogens is 2. The van der Waals surface area contributed by atoms with Crippen molar-refractivity contribution in [3.05, 3.63) is 108 Å². The molecule has 0 unspecified atom stereocenters. The predicted octanol–water partition coefficient (Wildman–Crippen LogP) is 6.54. The number of carbonyl (C=O) groups is 2. The first kappa shape index (κ1) is 27.9. The maximum absolute atomic E-state index is 14.0. The molecular weight excluding hydrogens is 603 g/mol. The molecule has 1 aliphatic heterocycles. The van der Waals surface area contributed by atoms with Crippen molar-refractivity contribution < 1.29 is 18.4 Å². The smallest absolute Gasteiger partial charge is 0.315 e. The van der Waals surface area contributed by atoms with Gasteiger partial charge in [0.05, 0.1) is 27.0 Å². The van der Waals surface area contributed by atoms with E-state index in [1.807, 2.05) is 36.4 Å². The minimum absolute atomic E-state index is 0.0457. The molecule has 0 radical (unpaired) electrons. The zero-order valence-corrected chi connectivity index (χ0v) is 24.7. The number of halogens is 2. The predicted molar refractivity (Wildman–Crippen MR) is 168 cm³/mol. The summed E-state index contributed by atoms with van der Waals surface area (Å²) in [6, 6.07) is 22.5. The van der Waals surface area contributed by atoms with Crippen molar-refractivity contribution in [2.45, 2.75) is 5.54 Å². The van der Waals surface area contributed by atoms with E-state index in [0.29, 0.717) is 43.3 Å². The van der Waals surface area contributed by atoms with Crippen LogP contribution in [-0.4, -0.2) is 51.5 Å². The normalized spacial score (nSPS) is 14.8. The molecule has 0 saturated carbocycles. The van der Waals surface area contributed by atoms with Gasteiger partial charge < -0.3 is 21.3 Å².